The molecule has 1 aromatic rings. The van der Waals surface area contributed by atoms with Crippen LogP contribution in [0.4, 0.5) is 0 Å². The van der Waals surface area contributed by atoms with E-state index < -0.39 is 42.3 Å². The van der Waals surface area contributed by atoms with Crippen LogP contribution in [-0.2, 0) is 11.2 Å². The van der Waals surface area contributed by atoms with Crippen molar-refractivity contribution in [2.45, 2.75) is 6.37 Å². The van der Waals surface area contributed by atoms with Gasteiger partial charge in [-0.3, -0.25) is 9.78 Å². The van der Waals surface area contributed by atoms with Crippen molar-refractivity contribution in [1.82, 2.24) is 4.98 Å². The molecule has 52 valence electrons. The first-order valence-corrected chi connectivity index (χ1v) is 2.37. The first-order chi connectivity index (χ1) is 7.19. The van der Waals surface area contributed by atoms with E-state index in [4.69, 9.17) is 13.3 Å². The molecule has 0 aromatic carbocycles. The second-order valence-corrected chi connectivity index (χ2v) is 1.39. The zero-order valence-corrected chi connectivity index (χ0v) is 4.80. The summed E-state index contributed by atoms with van der Waals surface area (Å²) in [6, 6.07) is -1.49. The van der Waals surface area contributed by atoms with E-state index >= 15 is 0 Å². The lowest BCUT2D eigenvalue weighted by molar-refractivity contribution is -0.136. The maximum Gasteiger partial charge on any atom is 0.307 e. The molecule has 1 heterocycles. The highest BCUT2D eigenvalue weighted by Crippen LogP contribution is 1.95. The van der Waals surface area contributed by atoms with Crippen molar-refractivity contribution >= 4 is 5.97 Å². The fraction of sp³-hybridized carbons (Fsp3) is 0.143. The Morgan fingerprint density at radius 1 is 2.00 bits per heavy atom. The second-order valence-electron chi connectivity index (χ2n) is 1.39. The molecule has 0 fully saturated rings. The molecule has 0 atom stereocenters. The predicted molar refractivity (Wildman–Crippen MR) is 35.6 cm³/mol. The Bertz CT molecular complexity index is 461. The van der Waals surface area contributed by atoms with Gasteiger partial charge in [0.1, 0.15) is 0 Å². The van der Waals surface area contributed by atoms with E-state index in [0.29, 0.717) is 0 Å². The normalized spacial score (nSPS) is 19.2. The Morgan fingerprint density at radius 3 is 3.50 bits per heavy atom. The molecule has 0 bridgehead atoms. The lowest BCUT2D eigenvalue weighted by Crippen LogP contribution is -1.99. The first kappa shape index (κ1) is 2.34. The minimum absolute atomic E-state index is 0.653. The van der Waals surface area contributed by atoms with Gasteiger partial charge in [0.05, 0.1) is 11.9 Å². The maximum atomic E-state index is 10.6. The van der Waals surface area contributed by atoms with Crippen molar-refractivity contribution in [3.8, 4) is 0 Å². The van der Waals surface area contributed by atoms with Gasteiger partial charge in [-0.15, -0.1) is 0 Å². The molecule has 0 aliphatic carbocycles. The average molecular weight is 143 g/mol. The molecule has 0 unspecified atom stereocenters. The van der Waals surface area contributed by atoms with E-state index in [2.05, 4.69) is 4.98 Å². The number of hydrogen-bond acceptors (Lipinski definition) is 2. The van der Waals surface area contributed by atoms with Crippen LogP contribution < -0.4 is 0 Å². The zero-order chi connectivity index (χ0) is 12.7. The van der Waals surface area contributed by atoms with Gasteiger partial charge in [0, 0.05) is 15.1 Å². The molecular formula is C7H7NO2. The Morgan fingerprint density at radius 2 is 2.80 bits per heavy atom. The Balaban J connectivity index is 3.58. The molecule has 0 amide bonds. The van der Waals surface area contributed by atoms with E-state index in [0.717, 1.165) is 0 Å². The van der Waals surface area contributed by atoms with Gasteiger partial charge in [0.25, 0.3) is 0 Å². The van der Waals surface area contributed by atoms with Gasteiger partial charge >= 0.3 is 5.97 Å². The summed E-state index contributed by atoms with van der Waals surface area (Å²) in [7, 11) is 0. The van der Waals surface area contributed by atoms with Crippen LogP contribution in [-0.4, -0.2) is 16.1 Å². The van der Waals surface area contributed by atoms with Crippen LogP contribution >= 0.6 is 0 Å². The fourth-order valence-corrected chi connectivity index (χ4v) is 0.396. The third-order valence-corrected chi connectivity index (χ3v) is 0.699. The summed E-state index contributed by atoms with van der Waals surface area (Å²) >= 11 is 0. The summed E-state index contributed by atoms with van der Waals surface area (Å²) in [6.45, 7) is 0. The fourth-order valence-electron chi connectivity index (χ4n) is 0.396. The molecule has 10 heavy (non-hydrogen) atoms. The number of hydrogen-bond donors (Lipinski definition) is 1. The largest absolute Gasteiger partial charge is 0.481 e. The van der Waals surface area contributed by atoms with Crippen LogP contribution in [0.2, 0.25) is 0 Å². The summed E-state index contributed by atoms with van der Waals surface area (Å²) in [5, 5.41) is 8.63. The van der Waals surface area contributed by atoms with Crippen molar-refractivity contribution in [3.05, 3.63) is 30.0 Å². The summed E-state index contributed by atoms with van der Waals surface area (Å²) < 4.78 is 43.4. The lowest BCUT2D eigenvalue weighted by Gasteiger charge is -1.91. The SMILES string of the molecule is [2H]c1nc([2H])c(C([2H])([2H])C(=O)O)c([2H])c1[2H]. The van der Waals surface area contributed by atoms with Crippen LogP contribution in [0.25, 0.3) is 0 Å². The monoisotopic (exact) mass is 143 g/mol. The minimum Gasteiger partial charge on any atom is -0.481 e. The molecule has 1 rings (SSSR count). The lowest BCUT2D eigenvalue weighted by atomic mass is 10.2. The number of nitrogens with zero attached hydrogens (tertiary/aromatic N) is 1. The summed E-state index contributed by atoms with van der Waals surface area (Å²) in [4.78, 5) is 13.8. The van der Waals surface area contributed by atoms with E-state index in [-0.39, 0.29) is 0 Å². The van der Waals surface area contributed by atoms with E-state index in [1.54, 1.807) is 0 Å². The number of aliphatic carboxylic acids is 1. The molecule has 1 N–H and O–H groups in total. The molecule has 3 heteroatoms. The molecule has 1 aromatic heterocycles. The second kappa shape index (κ2) is 2.96. The summed E-state index contributed by atoms with van der Waals surface area (Å²) in [5.74, 6) is -1.87. The molecule has 0 aliphatic rings. The van der Waals surface area contributed by atoms with Crippen molar-refractivity contribution < 1.29 is 18.1 Å². The number of carboxylic acid groups (broad SMARTS) is 1. The van der Waals surface area contributed by atoms with Gasteiger partial charge < -0.3 is 5.11 Å². The van der Waals surface area contributed by atoms with Crippen molar-refractivity contribution in [3.63, 3.8) is 0 Å². The van der Waals surface area contributed by atoms with Crippen LogP contribution in [0.1, 0.15) is 13.8 Å². The van der Waals surface area contributed by atoms with E-state index in [1.165, 1.54) is 0 Å². The van der Waals surface area contributed by atoms with Gasteiger partial charge in [-0.1, -0.05) is 6.04 Å². The van der Waals surface area contributed by atoms with E-state index in [1.807, 2.05) is 0 Å². The molecule has 0 saturated carbocycles. The van der Waals surface area contributed by atoms with E-state index in [9.17, 15) is 4.79 Å². The maximum absolute atomic E-state index is 10.6. The van der Waals surface area contributed by atoms with Crippen molar-refractivity contribution in [1.29, 1.82) is 0 Å². The average Bonchev–Trinajstić information content (AvgIpc) is 2.13. The molecule has 3 nitrogen and oxygen atoms in total. The molecule has 0 aliphatic heterocycles. The Labute approximate surface area is 66.8 Å². The molecule has 0 spiro atoms. The van der Waals surface area contributed by atoms with Crippen LogP contribution in [0.5, 0.6) is 0 Å². The van der Waals surface area contributed by atoms with Crippen LogP contribution in [0, 0.1) is 0 Å². The van der Waals surface area contributed by atoms with Gasteiger partial charge in [-0.05, 0) is 11.6 Å². The Kier molecular flexibility index (Phi) is 0.693. The summed E-state index contributed by atoms with van der Waals surface area (Å²) in [5.41, 5.74) is -0.805. The molecular weight excluding hydrogens is 130 g/mol. The number of rotatable bonds is 2. The highest BCUT2D eigenvalue weighted by molar-refractivity contribution is 5.69. The third-order valence-electron chi connectivity index (χ3n) is 0.699. The minimum atomic E-state index is -2.97. The highest BCUT2D eigenvalue weighted by Gasteiger charge is 1.97. The summed E-state index contributed by atoms with van der Waals surface area (Å²) in [6.07, 6.45) is -4.43. The highest BCUT2D eigenvalue weighted by atomic mass is 16.4. The standard InChI is InChI=1S/C7H7NO2/c9-7(10)4-6-2-1-3-8-5-6/h1-3,5H,4H2,(H,9,10)/i1D,2D,3D,4D2,5D. The molecule has 0 radical (unpaired) electrons. The van der Waals surface area contributed by atoms with Crippen molar-refractivity contribution in [2.75, 3.05) is 0 Å². The number of carboxylic acids is 1. The van der Waals surface area contributed by atoms with Gasteiger partial charge in [0.15, 0.2) is 0 Å². The number of pyridine rings is 1. The first-order valence-electron chi connectivity index (χ1n) is 5.37. The van der Waals surface area contributed by atoms with Gasteiger partial charge in [0.2, 0.25) is 0 Å². The smallest absolute Gasteiger partial charge is 0.307 e. The van der Waals surface area contributed by atoms with Gasteiger partial charge in [-0.2, -0.15) is 0 Å². The topological polar surface area (TPSA) is 50.2 Å². The van der Waals surface area contributed by atoms with Crippen LogP contribution in [0.15, 0.2) is 24.4 Å². The molecule has 0 saturated heterocycles. The predicted octanol–water partition coefficient (Wildman–Crippen LogP) is 0.709. The number of carbonyl (C=O) groups is 1. The quantitative estimate of drug-likeness (QED) is 0.663. The Hall–Kier alpha value is -1.38. The van der Waals surface area contributed by atoms with Gasteiger partial charge in [-0.25, -0.2) is 0 Å². The number of aromatic nitrogens is 1. The van der Waals surface area contributed by atoms with Crippen LogP contribution in [0.3, 0.4) is 0 Å². The third kappa shape index (κ3) is 1.85. The van der Waals surface area contributed by atoms with Crippen molar-refractivity contribution in [2.24, 2.45) is 0 Å². The zero-order valence-electron chi connectivity index (χ0n) is 10.8.